The van der Waals surface area contributed by atoms with Crippen LogP contribution in [0.2, 0.25) is 0 Å². The quantitative estimate of drug-likeness (QED) is 0.729. The lowest BCUT2D eigenvalue weighted by atomic mass is 10.1. The predicted molar refractivity (Wildman–Crippen MR) is 71.3 cm³/mol. The first-order chi connectivity index (χ1) is 10.0. The van der Waals surface area contributed by atoms with Gasteiger partial charge >= 0.3 is 12.2 Å². The fraction of sp³-hybridized carbons (Fsp3) is 0.462. The number of alkyl halides is 3. The zero-order valence-electron chi connectivity index (χ0n) is 11.9. The van der Waals surface area contributed by atoms with Crippen molar-refractivity contribution < 1.29 is 32.2 Å². The minimum absolute atomic E-state index is 0.254. The van der Waals surface area contributed by atoms with Crippen LogP contribution < -0.4 is 15.4 Å². The molecule has 0 heterocycles. The van der Waals surface area contributed by atoms with Gasteiger partial charge in [-0.05, 0) is 26.0 Å². The van der Waals surface area contributed by atoms with Crippen molar-refractivity contribution in [3.8, 4) is 5.75 Å². The molecule has 0 bridgehead atoms. The van der Waals surface area contributed by atoms with Crippen molar-refractivity contribution in [1.82, 2.24) is 5.32 Å². The van der Waals surface area contributed by atoms with Gasteiger partial charge in [-0.15, -0.1) is 0 Å². The van der Waals surface area contributed by atoms with Crippen LogP contribution in [0.25, 0.3) is 0 Å². The SMILES string of the molecule is CC(C)(CO)NC(=O)Nc1cc(F)ccc1OCC(F)(F)F. The molecule has 3 N–H and O–H groups in total. The van der Waals surface area contributed by atoms with E-state index in [2.05, 4.69) is 15.4 Å². The highest BCUT2D eigenvalue weighted by molar-refractivity contribution is 5.91. The molecule has 0 atom stereocenters. The molecule has 2 amide bonds. The second-order valence-corrected chi connectivity index (χ2v) is 5.17. The highest BCUT2D eigenvalue weighted by Crippen LogP contribution is 2.27. The number of nitrogens with one attached hydrogen (secondary N) is 2. The van der Waals surface area contributed by atoms with Crippen LogP contribution in [0.1, 0.15) is 13.8 Å². The maximum absolute atomic E-state index is 13.2. The zero-order chi connectivity index (χ0) is 17.0. The summed E-state index contributed by atoms with van der Waals surface area (Å²) in [5.41, 5.74) is -1.21. The molecular weight excluding hydrogens is 308 g/mol. The van der Waals surface area contributed by atoms with Crippen LogP contribution in [0, 0.1) is 5.82 Å². The summed E-state index contributed by atoms with van der Waals surface area (Å²) in [7, 11) is 0. The molecule has 0 saturated carbocycles. The van der Waals surface area contributed by atoms with E-state index in [-0.39, 0.29) is 18.0 Å². The summed E-state index contributed by atoms with van der Waals surface area (Å²) < 4.78 is 54.2. The monoisotopic (exact) mass is 324 g/mol. The van der Waals surface area contributed by atoms with E-state index in [1.165, 1.54) is 13.8 Å². The Morgan fingerprint density at radius 2 is 1.95 bits per heavy atom. The molecule has 0 unspecified atom stereocenters. The summed E-state index contributed by atoms with van der Waals surface area (Å²) in [4.78, 5) is 11.7. The molecule has 1 aromatic carbocycles. The Balaban J connectivity index is 2.84. The number of ether oxygens (including phenoxy) is 1. The number of benzene rings is 1. The maximum Gasteiger partial charge on any atom is 0.422 e. The number of aliphatic hydroxyl groups excluding tert-OH is 1. The highest BCUT2D eigenvalue weighted by atomic mass is 19.4. The van der Waals surface area contributed by atoms with Crippen molar-refractivity contribution in [3.63, 3.8) is 0 Å². The van der Waals surface area contributed by atoms with Crippen molar-refractivity contribution in [1.29, 1.82) is 0 Å². The molecule has 1 rings (SSSR count). The highest BCUT2D eigenvalue weighted by Gasteiger charge is 2.29. The summed E-state index contributed by atoms with van der Waals surface area (Å²) in [5.74, 6) is -1.08. The summed E-state index contributed by atoms with van der Waals surface area (Å²) in [5, 5.41) is 13.6. The van der Waals surface area contributed by atoms with Gasteiger partial charge < -0.3 is 20.5 Å². The fourth-order valence-corrected chi connectivity index (χ4v) is 1.39. The molecule has 0 saturated heterocycles. The molecule has 0 aliphatic heterocycles. The van der Waals surface area contributed by atoms with Crippen molar-refractivity contribution in [2.24, 2.45) is 0 Å². The molecule has 5 nitrogen and oxygen atoms in total. The van der Waals surface area contributed by atoms with Gasteiger partial charge in [0.25, 0.3) is 0 Å². The molecule has 0 fully saturated rings. The molecule has 124 valence electrons. The minimum atomic E-state index is -4.56. The van der Waals surface area contributed by atoms with Crippen LogP contribution in [0.15, 0.2) is 18.2 Å². The minimum Gasteiger partial charge on any atom is -0.482 e. The van der Waals surface area contributed by atoms with Crippen LogP contribution in [-0.4, -0.2) is 36.1 Å². The maximum atomic E-state index is 13.2. The van der Waals surface area contributed by atoms with Gasteiger partial charge in [0.05, 0.1) is 17.8 Å². The molecule has 0 aliphatic carbocycles. The summed E-state index contributed by atoms with van der Waals surface area (Å²) in [6, 6.07) is 1.90. The van der Waals surface area contributed by atoms with Crippen molar-refractivity contribution in [2.75, 3.05) is 18.5 Å². The van der Waals surface area contributed by atoms with Crippen LogP contribution in [0.5, 0.6) is 5.75 Å². The van der Waals surface area contributed by atoms with Crippen LogP contribution in [-0.2, 0) is 0 Å². The summed E-state index contributed by atoms with van der Waals surface area (Å²) in [6.07, 6.45) is -4.56. The van der Waals surface area contributed by atoms with Gasteiger partial charge in [-0.3, -0.25) is 0 Å². The Hall–Kier alpha value is -2.03. The van der Waals surface area contributed by atoms with E-state index in [0.29, 0.717) is 0 Å². The summed E-state index contributed by atoms with van der Waals surface area (Å²) >= 11 is 0. The number of hydrogen-bond donors (Lipinski definition) is 3. The second kappa shape index (κ2) is 6.82. The smallest absolute Gasteiger partial charge is 0.422 e. The van der Waals surface area contributed by atoms with E-state index in [1.54, 1.807) is 0 Å². The lowest BCUT2D eigenvalue weighted by Gasteiger charge is -2.24. The van der Waals surface area contributed by atoms with Gasteiger partial charge in [0.2, 0.25) is 0 Å². The first kappa shape index (κ1) is 18.0. The van der Waals surface area contributed by atoms with E-state index in [4.69, 9.17) is 5.11 Å². The molecule has 0 spiro atoms. The normalized spacial score (nSPS) is 12.0. The van der Waals surface area contributed by atoms with E-state index in [0.717, 1.165) is 18.2 Å². The van der Waals surface area contributed by atoms with Crippen molar-refractivity contribution in [3.05, 3.63) is 24.0 Å². The Kier molecular flexibility index (Phi) is 5.59. The number of urea groups is 1. The number of carbonyl (C=O) groups excluding carboxylic acids is 1. The first-order valence-corrected chi connectivity index (χ1v) is 6.21. The standard InChI is InChI=1S/C13H16F4N2O3/c1-12(2,6-20)19-11(21)18-9-5-8(14)3-4-10(9)22-7-13(15,16)17/h3-5,20H,6-7H2,1-2H3,(H2,18,19,21). The molecular formula is C13H16F4N2O3. The second-order valence-electron chi connectivity index (χ2n) is 5.17. The number of aliphatic hydroxyl groups is 1. The van der Waals surface area contributed by atoms with Gasteiger partial charge in [-0.1, -0.05) is 0 Å². The van der Waals surface area contributed by atoms with Gasteiger partial charge in [0, 0.05) is 6.07 Å². The van der Waals surface area contributed by atoms with E-state index >= 15 is 0 Å². The van der Waals surface area contributed by atoms with Gasteiger partial charge in [0.1, 0.15) is 11.6 Å². The lowest BCUT2D eigenvalue weighted by molar-refractivity contribution is -0.153. The topological polar surface area (TPSA) is 70.6 Å². The lowest BCUT2D eigenvalue weighted by Crippen LogP contribution is -2.48. The molecule has 0 aromatic heterocycles. The predicted octanol–water partition coefficient (Wildman–Crippen LogP) is 2.66. The molecule has 9 heteroatoms. The largest absolute Gasteiger partial charge is 0.482 e. The fourth-order valence-electron chi connectivity index (χ4n) is 1.39. The van der Waals surface area contributed by atoms with E-state index in [1.807, 2.05) is 0 Å². The van der Waals surface area contributed by atoms with E-state index in [9.17, 15) is 22.4 Å². The Morgan fingerprint density at radius 1 is 1.32 bits per heavy atom. The van der Waals surface area contributed by atoms with Crippen molar-refractivity contribution >= 4 is 11.7 Å². The molecule has 0 radical (unpaired) electrons. The number of hydrogen-bond acceptors (Lipinski definition) is 3. The number of rotatable bonds is 5. The number of amides is 2. The van der Waals surface area contributed by atoms with E-state index < -0.39 is 30.2 Å². The third-order valence-corrected chi connectivity index (χ3v) is 2.43. The number of halogens is 4. The van der Waals surface area contributed by atoms with Crippen LogP contribution >= 0.6 is 0 Å². The van der Waals surface area contributed by atoms with Gasteiger partial charge in [-0.25, -0.2) is 9.18 Å². The van der Waals surface area contributed by atoms with Crippen LogP contribution in [0.4, 0.5) is 28.0 Å². The number of anilines is 1. The first-order valence-electron chi connectivity index (χ1n) is 6.21. The summed E-state index contributed by atoms with van der Waals surface area (Å²) in [6.45, 7) is 1.12. The average molecular weight is 324 g/mol. The molecule has 22 heavy (non-hydrogen) atoms. The third kappa shape index (κ3) is 6.17. The zero-order valence-corrected chi connectivity index (χ0v) is 11.9. The molecule has 0 aliphatic rings. The van der Waals surface area contributed by atoms with Gasteiger partial charge in [0.15, 0.2) is 6.61 Å². The Labute approximate surface area is 124 Å². The van der Waals surface area contributed by atoms with Crippen LogP contribution in [0.3, 0.4) is 0 Å². The van der Waals surface area contributed by atoms with Gasteiger partial charge in [-0.2, -0.15) is 13.2 Å². The third-order valence-electron chi connectivity index (χ3n) is 2.43. The molecule has 1 aromatic rings. The Morgan fingerprint density at radius 3 is 2.50 bits per heavy atom. The Bertz CT molecular complexity index is 533. The number of carbonyl (C=O) groups is 1. The average Bonchev–Trinajstić information content (AvgIpc) is 2.36. The van der Waals surface area contributed by atoms with Crippen molar-refractivity contribution in [2.45, 2.75) is 25.6 Å².